The molecule has 184 valence electrons. The number of hydrogen-bond donors (Lipinski definition) is 2. The normalized spacial score (nSPS) is 10.9. The van der Waals surface area contributed by atoms with Crippen molar-refractivity contribution in [3.63, 3.8) is 0 Å². The van der Waals surface area contributed by atoms with Gasteiger partial charge in [0.05, 0.1) is 11.1 Å². The van der Waals surface area contributed by atoms with Gasteiger partial charge in [-0.1, -0.05) is 43.0 Å². The standard InChI is InChI=1S/C30H27N5O2/c1-18(2)30(36)34-22-12-8-21(9-13-22)27-25(26-28(31)32-17-33-29(26)35(27)4)20-10-14-23(15-11-20)37-24-7-5-6-19(3)16-24/h5-17H,1H2,2-4H3,(H,34,36)(H2,31,32,33). The van der Waals surface area contributed by atoms with E-state index in [0.29, 0.717) is 17.1 Å². The Morgan fingerprint density at radius 1 is 0.973 bits per heavy atom. The summed E-state index contributed by atoms with van der Waals surface area (Å²) in [6.07, 6.45) is 1.47. The largest absolute Gasteiger partial charge is 0.457 e. The van der Waals surface area contributed by atoms with Crippen LogP contribution in [-0.4, -0.2) is 20.4 Å². The number of amides is 1. The van der Waals surface area contributed by atoms with Gasteiger partial charge < -0.3 is 20.4 Å². The highest BCUT2D eigenvalue weighted by Crippen LogP contribution is 2.42. The Labute approximate surface area is 215 Å². The third-order valence-corrected chi connectivity index (χ3v) is 6.17. The minimum absolute atomic E-state index is 0.214. The summed E-state index contributed by atoms with van der Waals surface area (Å²) in [5.41, 5.74) is 13.1. The zero-order chi connectivity index (χ0) is 26.1. The minimum Gasteiger partial charge on any atom is -0.457 e. The summed E-state index contributed by atoms with van der Waals surface area (Å²) < 4.78 is 8.06. The van der Waals surface area contributed by atoms with Gasteiger partial charge in [0.2, 0.25) is 0 Å². The smallest absolute Gasteiger partial charge is 0.250 e. The van der Waals surface area contributed by atoms with E-state index < -0.39 is 0 Å². The van der Waals surface area contributed by atoms with Crippen LogP contribution in [0.3, 0.4) is 0 Å². The number of aryl methyl sites for hydroxylation is 2. The van der Waals surface area contributed by atoms with E-state index in [4.69, 9.17) is 10.5 Å². The number of hydrogen-bond acceptors (Lipinski definition) is 5. The Morgan fingerprint density at radius 3 is 2.35 bits per heavy atom. The number of aromatic nitrogens is 3. The fourth-order valence-corrected chi connectivity index (χ4v) is 4.35. The van der Waals surface area contributed by atoms with Gasteiger partial charge >= 0.3 is 0 Å². The zero-order valence-corrected chi connectivity index (χ0v) is 20.9. The number of nitrogen functional groups attached to an aromatic ring is 1. The minimum atomic E-state index is -0.214. The molecule has 1 amide bonds. The van der Waals surface area contributed by atoms with Crippen LogP contribution in [0.15, 0.2) is 91.3 Å². The Bertz CT molecular complexity index is 1630. The lowest BCUT2D eigenvalue weighted by molar-refractivity contribution is -0.112. The number of nitrogens with one attached hydrogen (secondary N) is 1. The van der Waals surface area contributed by atoms with Gasteiger partial charge in [0.15, 0.2) is 0 Å². The molecule has 0 atom stereocenters. The van der Waals surface area contributed by atoms with Crippen molar-refractivity contribution in [1.82, 2.24) is 14.5 Å². The van der Waals surface area contributed by atoms with Gasteiger partial charge in [-0.05, 0) is 66.9 Å². The van der Waals surface area contributed by atoms with E-state index >= 15 is 0 Å². The molecule has 0 spiro atoms. The van der Waals surface area contributed by atoms with Crippen LogP contribution >= 0.6 is 0 Å². The van der Waals surface area contributed by atoms with Crippen molar-refractivity contribution in [2.24, 2.45) is 7.05 Å². The van der Waals surface area contributed by atoms with Crippen molar-refractivity contribution in [3.8, 4) is 33.9 Å². The maximum Gasteiger partial charge on any atom is 0.250 e. The van der Waals surface area contributed by atoms with Crippen LogP contribution in [0.25, 0.3) is 33.4 Å². The van der Waals surface area contributed by atoms with Gasteiger partial charge in [0, 0.05) is 23.9 Å². The lowest BCUT2D eigenvalue weighted by Gasteiger charge is -2.11. The van der Waals surface area contributed by atoms with Gasteiger partial charge in [-0.25, -0.2) is 9.97 Å². The molecule has 0 radical (unpaired) electrons. The SMILES string of the molecule is C=C(C)C(=O)Nc1ccc(-c2c(-c3ccc(Oc4cccc(C)c4)cc3)c3c(N)ncnc3n2C)cc1. The molecule has 2 aromatic heterocycles. The lowest BCUT2D eigenvalue weighted by Crippen LogP contribution is -2.11. The first-order chi connectivity index (χ1) is 17.8. The molecule has 5 aromatic rings. The highest BCUT2D eigenvalue weighted by molar-refractivity contribution is 6.08. The van der Waals surface area contributed by atoms with E-state index in [1.54, 1.807) is 6.92 Å². The molecule has 0 saturated carbocycles. The number of nitrogens with two attached hydrogens (primary N) is 1. The highest BCUT2D eigenvalue weighted by Gasteiger charge is 2.22. The number of fused-ring (bicyclic) bond motifs is 1. The van der Waals surface area contributed by atoms with Crippen LogP contribution < -0.4 is 15.8 Å². The van der Waals surface area contributed by atoms with E-state index in [0.717, 1.165) is 50.5 Å². The molecule has 7 heteroatoms. The second-order valence-corrected chi connectivity index (χ2v) is 8.99. The zero-order valence-electron chi connectivity index (χ0n) is 20.9. The van der Waals surface area contributed by atoms with Gasteiger partial charge in [-0.3, -0.25) is 4.79 Å². The Morgan fingerprint density at radius 2 is 1.68 bits per heavy atom. The number of benzene rings is 3. The van der Waals surface area contributed by atoms with Crippen LogP contribution in [0.5, 0.6) is 11.5 Å². The second kappa shape index (κ2) is 9.62. The summed E-state index contributed by atoms with van der Waals surface area (Å²) in [5, 5.41) is 3.63. The number of nitrogens with zero attached hydrogens (tertiary/aromatic N) is 3. The molecule has 0 bridgehead atoms. The van der Waals surface area contributed by atoms with Crippen molar-refractivity contribution in [2.75, 3.05) is 11.1 Å². The molecule has 3 aromatic carbocycles. The third kappa shape index (κ3) is 4.67. The maximum absolute atomic E-state index is 12.0. The molecule has 2 heterocycles. The molecule has 0 aliphatic rings. The van der Waals surface area contributed by atoms with Crippen LogP contribution in [0.4, 0.5) is 11.5 Å². The molecule has 0 aliphatic heterocycles. The summed E-state index contributed by atoms with van der Waals surface area (Å²) >= 11 is 0. The average Bonchev–Trinajstić information content (AvgIpc) is 3.18. The fraction of sp³-hybridized carbons (Fsp3) is 0.100. The first kappa shape index (κ1) is 23.8. The Balaban J connectivity index is 1.58. The van der Waals surface area contributed by atoms with Gasteiger partial charge in [0.1, 0.15) is 29.3 Å². The molecule has 0 unspecified atom stereocenters. The molecule has 3 N–H and O–H groups in total. The quantitative estimate of drug-likeness (QED) is 0.266. The number of anilines is 2. The molecule has 0 fully saturated rings. The van der Waals surface area contributed by atoms with Crippen LogP contribution in [0.1, 0.15) is 12.5 Å². The topological polar surface area (TPSA) is 95.1 Å². The number of ether oxygens (including phenoxy) is 1. The molecule has 0 saturated heterocycles. The molecule has 37 heavy (non-hydrogen) atoms. The summed E-state index contributed by atoms with van der Waals surface area (Å²) in [6.45, 7) is 7.40. The number of carbonyl (C=O) groups is 1. The second-order valence-electron chi connectivity index (χ2n) is 8.99. The predicted octanol–water partition coefficient (Wildman–Crippen LogP) is 6.50. The first-order valence-corrected chi connectivity index (χ1v) is 11.8. The predicted molar refractivity (Wildman–Crippen MR) is 148 cm³/mol. The van der Waals surface area contributed by atoms with Gasteiger partial charge in [-0.15, -0.1) is 0 Å². The van der Waals surface area contributed by atoms with E-state index in [-0.39, 0.29) is 5.91 Å². The van der Waals surface area contributed by atoms with E-state index in [1.807, 2.05) is 91.3 Å². The third-order valence-electron chi connectivity index (χ3n) is 6.17. The lowest BCUT2D eigenvalue weighted by atomic mass is 9.98. The van der Waals surface area contributed by atoms with Crippen molar-refractivity contribution in [1.29, 1.82) is 0 Å². The Kier molecular flexibility index (Phi) is 6.19. The van der Waals surface area contributed by atoms with Crippen LogP contribution in [0, 0.1) is 6.92 Å². The van der Waals surface area contributed by atoms with Gasteiger partial charge in [-0.2, -0.15) is 0 Å². The fourth-order valence-electron chi connectivity index (χ4n) is 4.35. The summed E-state index contributed by atoms with van der Waals surface area (Å²) in [5.74, 6) is 1.72. The maximum atomic E-state index is 12.0. The van der Waals surface area contributed by atoms with Crippen molar-refractivity contribution < 1.29 is 9.53 Å². The van der Waals surface area contributed by atoms with Crippen molar-refractivity contribution in [2.45, 2.75) is 13.8 Å². The highest BCUT2D eigenvalue weighted by atomic mass is 16.5. The number of rotatable bonds is 6. The molecule has 5 rings (SSSR count). The summed E-state index contributed by atoms with van der Waals surface area (Å²) in [4.78, 5) is 20.8. The van der Waals surface area contributed by atoms with Crippen molar-refractivity contribution in [3.05, 3.63) is 96.8 Å². The molecular formula is C30H27N5O2. The van der Waals surface area contributed by atoms with Crippen molar-refractivity contribution >= 4 is 28.4 Å². The summed E-state index contributed by atoms with van der Waals surface area (Å²) in [7, 11) is 1.96. The summed E-state index contributed by atoms with van der Waals surface area (Å²) in [6, 6.07) is 23.5. The number of carbonyl (C=O) groups excluding carboxylic acids is 1. The van der Waals surface area contributed by atoms with Crippen LogP contribution in [-0.2, 0) is 11.8 Å². The monoisotopic (exact) mass is 489 g/mol. The average molecular weight is 490 g/mol. The Hall–Kier alpha value is -4.91. The molecule has 7 nitrogen and oxygen atoms in total. The van der Waals surface area contributed by atoms with E-state index in [1.165, 1.54) is 6.33 Å². The van der Waals surface area contributed by atoms with Crippen LogP contribution in [0.2, 0.25) is 0 Å². The first-order valence-electron chi connectivity index (χ1n) is 11.8. The van der Waals surface area contributed by atoms with E-state index in [2.05, 4.69) is 21.9 Å². The molecule has 0 aliphatic carbocycles. The van der Waals surface area contributed by atoms with Gasteiger partial charge in [0.25, 0.3) is 5.91 Å². The molecular weight excluding hydrogens is 462 g/mol. The van der Waals surface area contributed by atoms with E-state index in [9.17, 15) is 4.79 Å².